The van der Waals surface area contributed by atoms with Crippen LogP contribution in [0.2, 0.25) is 0 Å². The van der Waals surface area contributed by atoms with Crippen LogP contribution in [0, 0.1) is 0 Å². The molecule has 0 unspecified atom stereocenters. The van der Waals surface area contributed by atoms with Gasteiger partial charge in [0.15, 0.2) is 0 Å². The summed E-state index contributed by atoms with van der Waals surface area (Å²) in [4.78, 5) is 19.6. The second-order valence-electron chi connectivity index (χ2n) is 2.02. The number of hydrogen-bond acceptors (Lipinski definition) is 4. The van der Waals surface area contributed by atoms with Gasteiger partial charge in [-0.15, -0.1) is 0 Å². The molecule has 0 atom stereocenters. The van der Waals surface area contributed by atoms with Gasteiger partial charge in [0.05, 0.1) is 12.6 Å². The number of carbonyl (C=O) groups excluding carboxylic acids is 2. The van der Waals surface area contributed by atoms with Crippen molar-refractivity contribution in [1.82, 2.24) is 0 Å². The van der Waals surface area contributed by atoms with E-state index >= 15 is 0 Å². The topological polar surface area (TPSA) is 66.4 Å². The van der Waals surface area contributed by atoms with Gasteiger partial charge in [-0.3, -0.25) is 0 Å². The fourth-order valence-corrected chi connectivity index (χ4v) is 0.254. The fraction of sp³-hybridized carbons (Fsp3) is 0.333. The summed E-state index contributed by atoms with van der Waals surface area (Å²) in [7, 11) is 0. The SMILES string of the molecule is C=C(C)C(=O)OCC.C=CC(=O)[O-].[Na+]. The quantitative estimate of drug-likeness (QED) is 0.282. The normalized spacial score (nSPS) is 7.00. The summed E-state index contributed by atoms with van der Waals surface area (Å²) in [5, 5.41) is 9.14. The second kappa shape index (κ2) is 12.4. The van der Waals surface area contributed by atoms with Crippen molar-refractivity contribution in [3.63, 3.8) is 0 Å². The Morgan fingerprint density at radius 3 is 1.93 bits per heavy atom. The molecule has 0 aromatic rings. The molecule has 0 saturated carbocycles. The van der Waals surface area contributed by atoms with E-state index in [1.165, 1.54) is 0 Å². The minimum Gasteiger partial charge on any atom is -0.545 e. The van der Waals surface area contributed by atoms with Crippen LogP contribution in [0.3, 0.4) is 0 Å². The maximum atomic E-state index is 10.4. The van der Waals surface area contributed by atoms with Crippen LogP contribution in [0.25, 0.3) is 0 Å². The van der Waals surface area contributed by atoms with E-state index in [2.05, 4.69) is 17.9 Å². The molecular weight excluding hydrogens is 195 g/mol. The molecule has 0 radical (unpaired) electrons. The Kier molecular flexibility index (Phi) is 16.9. The molecule has 0 amide bonds. The first-order valence-electron chi connectivity index (χ1n) is 3.61. The van der Waals surface area contributed by atoms with Crippen LogP contribution in [0.1, 0.15) is 13.8 Å². The molecule has 0 aromatic carbocycles. The van der Waals surface area contributed by atoms with Gasteiger partial charge in [0.25, 0.3) is 0 Å². The number of carboxylic acids is 1. The molecular formula is C9H13NaO4. The number of carboxylic acid groups (broad SMARTS) is 1. The van der Waals surface area contributed by atoms with Crippen molar-refractivity contribution in [1.29, 1.82) is 0 Å². The zero-order chi connectivity index (χ0) is 10.9. The summed E-state index contributed by atoms with van der Waals surface area (Å²) in [6, 6.07) is 0. The molecule has 0 fully saturated rings. The van der Waals surface area contributed by atoms with Crippen molar-refractivity contribution in [3.8, 4) is 0 Å². The Morgan fingerprint density at radius 2 is 1.86 bits per heavy atom. The van der Waals surface area contributed by atoms with Crippen LogP contribution < -0.4 is 34.7 Å². The van der Waals surface area contributed by atoms with E-state index in [0.29, 0.717) is 12.2 Å². The molecule has 14 heavy (non-hydrogen) atoms. The summed E-state index contributed by atoms with van der Waals surface area (Å²) in [6.07, 6.45) is 0.722. The molecule has 0 spiro atoms. The Bertz CT molecular complexity index is 211. The minimum absolute atomic E-state index is 0. The number of ether oxygens (including phenoxy) is 1. The van der Waals surface area contributed by atoms with Gasteiger partial charge in [0.2, 0.25) is 0 Å². The van der Waals surface area contributed by atoms with E-state index in [4.69, 9.17) is 9.90 Å². The van der Waals surface area contributed by atoms with E-state index in [-0.39, 0.29) is 35.5 Å². The van der Waals surface area contributed by atoms with Crippen LogP contribution in [0.4, 0.5) is 0 Å². The molecule has 0 saturated heterocycles. The van der Waals surface area contributed by atoms with Crippen molar-refractivity contribution >= 4 is 11.9 Å². The van der Waals surface area contributed by atoms with Crippen molar-refractivity contribution < 1.29 is 49.0 Å². The first kappa shape index (κ1) is 19.1. The van der Waals surface area contributed by atoms with Crippen LogP contribution in [0.15, 0.2) is 24.8 Å². The molecule has 0 aliphatic heterocycles. The Balaban J connectivity index is -0.000000177. The van der Waals surface area contributed by atoms with Crippen LogP contribution in [-0.2, 0) is 14.3 Å². The predicted molar refractivity (Wildman–Crippen MR) is 46.7 cm³/mol. The van der Waals surface area contributed by atoms with Crippen molar-refractivity contribution in [2.24, 2.45) is 0 Å². The fourth-order valence-electron chi connectivity index (χ4n) is 0.254. The van der Waals surface area contributed by atoms with Crippen molar-refractivity contribution in [2.75, 3.05) is 6.61 Å². The monoisotopic (exact) mass is 208 g/mol. The van der Waals surface area contributed by atoms with E-state index in [9.17, 15) is 4.79 Å². The van der Waals surface area contributed by atoms with Gasteiger partial charge in [-0.2, -0.15) is 0 Å². The zero-order valence-corrected chi connectivity index (χ0v) is 10.8. The number of esters is 1. The number of aliphatic carboxylic acids is 1. The van der Waals surface area contributed by atoms with Gasteiger partial charge in [0.1, 0.15) is 0 Å². The van der Waals surface area contributed by atoms with Gasteiger partial charge in [-0.1, -0.05) is 13.2 Å². The van der Waals surface area contributed by atoms with E-state index < -0.39 is 5.97 Å². The molecule has 74 valence electrons. The number of hydrogen-bond donors (Lipinski definition) is 0. The molecule has 4 nitrogen and oxygen atoms in total. The Labute approximate surface area is 106 Å². The molecule has 5 heteroatoms. The summed E-state index contributed by atoms with van der Waals surface area (Å²) in [6.45, 7) is 10.1. The average molecular weight is 208 g/mol. The standard InChI is InChI=1S/C6H10O2.C3H4O2.Na/c1-4-8-6(7)5(2)3;1-2-3(4)5;/h2,4H2,1,3H3;2H,1H2,(H,4,5);/q;;+1/p-1. The third-order valence-corrected chi connectivity index (χ3v) is 0.791. The number of carbonyl (C=O) groups is 2. The molecule has 0 aliphatic rings. The van der Waals surface area contributed by atoms with Crippen LogP contribution >= 0.6 is 0 Å². The van der Waals surface area contributed by atoms with Gasteiger partial charge in [0, 0.05) is 5.57 Å². The minimum atomic E-state index is -1.23. The van der Waals surface area contributed by atoms with Gasteiger partial charge >= 0.3 is 35.5 Å². The van der Waals surface area contributed by atoms with E-state index in [0.717, 1.165) is 6.08 Å². The maximum Gasteiger partial charge on any atom is 1.00 e. The van der Waals surface area contributed by atoms with E-state index in [1.54, 1.807) is 13.8 Å². The molecule has 0 bridgehead atoms. The molecule has 0 N–H and O–H groups in total. The van der Waals surface area contributed by atoms with E-state index in [1.807, 2.05) is 0 Å². The van der Waals surface area contributed by atoms with Crippen molar-refractivity contribution in [3.05, 3.63) is 24.8 Å². The third kappa shape index (κ3) is 17.5. The Morgan fingerprint density at radius 1 is 1.50 bits per heavy atom. The summed E-state index contributed by atoms with van der Waals surface area (Å²) in [5.41, 5.74) is 0.451. The molecule has 0 heterocycles. The largest absolute Gasteiger partial charge is 1.00 e. The van der Waals surface area contributed by atoms with Gasteiger partial charge in [-0.05, 0) is 19.9 Å². The maximum absolute atomic E-state index is 10.4. The first-order chi connectivity index (χ1) is 5.95. The molecule has 0 rings (SSSR count). The third-order valence-electron chi connectivity index (χ3n) is 0.791. The molecule has 0 aliphatic carbocycles. The zero-order valence-electron chi connectivity index (χ0n) is 8.83. The van der Waals surface area contributed by atoms with Crippen LogP contribution in [0.5, 0.6) is 0 Å². The Hall–Kier alpha value is -0.580. The summed E-state index contributed by atoms with van der Waals surface area (Å²) in [5.74, 6) is -1.54. The van der Waals surface area contributed by atoms with Gasteiger partial charge in [-0.25, -0.2) is 4.79 Å². The molecule has 0 aromatic heterocycles. The summed E-state index contributed by atoms with van der Waals surface area (Å²) < 4.78 is 4.56. The first-order valence-corrected chi connectivity index (χ1v) is 3.61. The summed E-state index contributed by atoms with van der Waals surface area (Å²) >= 11 is 0. The number of rotatable bonds is 3. The second-order valence-corrected chi connectivity index (χ2v) is 2.02. The van der Waals surface area contributed by atoms with Crippen molar-refractivity contribution in [2.45, 2.75) is 13.8 Å². The average Bonchev–Trinajstić information content (AvgIpc) is 2.06. The smallest absolute Gasteiger partial charge is 0.545 e. The van der Waals surface area contributed by atoms with Gasteiger partial charge < -0.3 is 14.6 Å². The van der Waals surface area contributed by atoms with Crippen LogP contribution in [-0.4, -0.2) is 18.5 Å². The predicted octanol–water partition coefficient (Wildman–Crippen LogP) is -2.95.